The molecule has 174 valence electrons. The topological polar surface area (TPSA) is 53.9 Å². The third-order valence-electron chi connectivity index (χ3n) is 6.03. The zero-order valence-electron chi connectivity index (χ0n) is 20.2. The molecule has 0 saturated heterocycles. The summed E-state index contributed by atoms with van der Waals surface area (Å²) < 4.78 is 0. The van der Waals surface area contributed by atoms with E-state index in [9.17, 15) is 0 Å². The van der Waals surface area contributed by atoms with Crippen molar-refractivity contribution in [1.82, 2.24) is 20.3 Å². The Balaban J connectivity index is 1.77. The highest BCUT2D eigenvalue weighted by atomic mass is 15.2. The molecule has 0 saturated carbocycles. The summed E-state index contributed by atoms with van der Waals surface area (Å²) in [5.74, 6) is 1.77. The summed E-state index contributed by atoms with van der Waals surface area (Å²) >= 11 is 0. The van der Waals surface area contributed by atoms with Gasteiger partial charge < -0.3 is 10.2 Å². The second-order valence-electron chi connectivity index (χ2n) is 8.41. The van der Waals surface area contributed by atoms with Crippen LogP contribution >= 0.6 is 0 Å². The second kappa shape index (κ2) is 10.9. The van der Waals surface area contributed by atoms with Crippen molar-refractivity contribution in [3.05, 3.63) is 85.4 Å². The van der Waals surface area contributed by atoms with E-state index >= 15 is 0 Å². The zero-order chi connectivity index (χ0) is 23.9. The molecular weight excluding hydrogens is 418 g/mol. The molecule has 0 radical (unpaired) electrons. The Morgan fingerprint density at radius 1 is 0.941 bits per heavy atom. The highest BCUT2D eigenvalue weighted by Crippen LogP contribution is 2.30. The number of rotatable bonds is 11. The fourth-order valence-electron chi connectivity index (χ4n) is 4.13. The number of hydrogen-bond donors (Lipinski definition) is 1. The summed E-state index contributed by atoms with van der Waals surface area (Å²) in [6, 6.07) is 19.0. The number of anilines is 1. The molecule has 2 heterocycles. The number of fused-ring (bicyclic) bond motifs is 2. The number of aromatic nitrogens is 3. The van der Waals surface area contributed by atoms with Crippen LogP contribution in [0.1, 0.15) is 32.5 Å². The van der Waals surface area contributed by atoms with E-state index in [0.29, 0.717) is 0 Å². The van der Waals surface area contributed by atoms with Crippen molar-refractivity contribution in [2.75, 3.05) is 24.5 Å². The number of unbranched alkanes of at least 4 members (excludes halogenated alkanes) is 1. The van der Waals surface area contributed by atoms with Crippen LogP contribution in [0.3, 0.4) is 0 Å². The molecular formula is C29H33N5. The Hall–Kier alpha value is -3.73. The Kier molecular flexibility index (Phi) is 7.53. The monoisotopic (exact) mass is 451 g/mol. The fourth-order valence-corrected chi connectivity index (χ4v) is 4.13. The molecule has 0 aliphatic rings. The number of benzene rings is 2. The standard InChI is InChI=1S/C29H33N5/c1-5-8-19-34(20-18-30-21(4)6-2)29-25-16-17-26(31-28(25)32-27(7-3)33-29)24-15-11-13-22-12-9-10-14-23(22)24/h6,9-17,30H,2,4-5,7-8,18-20H2,1,3H3. The summed E-state index contributed by atoms with van der Waals surface area (Å²) in [4.78, 5) is 17.1. The lowest BCUT2D eigenvalue weighted by Gasteiger charge is -2.25. The molecule has 34 heavy (non-hydrogen) atoms. The van der Waals surface area contributed by atoms with E-state index < -0.39 is 0 Å². The maximum absolute atomic E-state index is 5.03. The van der Waals surface area contributed by atoms with Gasteiger partial charge in [0.2, 0.25) is 0 Å². The first kappa shape index (κ1) is 23.4. The van der Waals surface area contributed by atoms with Gasteiger partial charge >= 0.3 is 0 Å². The van der Waals surface area contributed by atoms with Gasteiger partial charge in [-0.05, 0) is 35.4 Å². The Bertz CT molecular complexity index is 1310. The average molecular weight is 452 g/mol. The molecule has 5 heteroatoms. The van der Waals surface area contributed by atoms with Gasteiger partial charge in [-0.2, -0.15) is 0 Å². The van der Waals surface area contributed by atoms with E-state index in [2.05, 4.69) is 91.8 Å². The van der Waals surface area contributed by atoms with Crippen LogP contribution in [0, 0.1) is 0 Å². The summed E-state index contributed by atoms with van der Waals surface area (Å²) in [7, 11) is 0. The minimum Gasteiger partial charge on any atom is -0.384 e. The number of pyridine rings is 1. The second-order valence-corrected chi connectivity index (χ2v) is 8.41. The number of aryl methyl sites for hydroxylation is 1. The maximum atomic E-state index is 5.03. The van der Waals surface area contributed by atoms with Gasteiger partial charge in [-0.25, -0.2) is 15.0 Å². The Labute approximate surface area is 202 Å². The van der Waals surface area contributed by atoms with E-state index in [1.165, 1.54) is 10.8 Å². The van der Waals surface area contributed by atoms with Crippen LogP contribution in [0.15, 0.2) is 79.5 Å². The molecule has 1 N–H and O–H groups in total. The van der Waals surface area contributed by atoms with Gasteiger partial charge in [0, 0.05) is 37.3 Å². The third kappa shape index (κ3) is 5.09. The van der Waals surface area contributed by atoms with Gasteiger partial charge in [-0.15, -0.1) is 0 Å². The number of hydrogen-bond acceptors (Lipinski definition) is 5. The molecule has 5 nitrogen and oxygen atoms in total. The summed E-state index contributed by atoms with van der Waals surface area (Å²) in [6.45, 7) is 14.5. The first-order valence-electron chi connectivity index (χ1n) is 12.1. The third-order valence-corrected chi connectivity index (χ3v) is 6.03. The van der Waals surface area contributed by atoms with Crippen molar-refractivity contribution in [2.24, 2.45) is 0 Å². The van der Waals surface area contributed by atoms with Crippen LogP contribution in [0.5, 0.6) is 0 Å². The van der Waals surface area contributed by atoms with E-state index in [4.69, 9.17) is 15.0 Å². The highest BCUT2D eigenvalue weighted by Gasteiger charge is 2.16. The number of allylic oxidation sites excluding steroid dienone is 1. The number of nitrogens with one attached hydrogen (secondary N) is 1. The molecule has 0 bridgehead atoms. The van der Waals surface area contributed by atoms with Gasteiger partial charge in [0.05, 0.1) is 11.1 Å². The zero-order valence-corrected chi connectivity index (χ0v) is 20.2. The minimum absolute atomic E-state index is 0.747. The largest absolute Gasteiger partial charge is 0.384 e. The van der Waals surface area contributed by atoms with Crippen LogP contribution in [-0.2, 0) is 6.42 Å². The van der Waals surface area contributed by atoms with Crippen LogP contribution in [0.25, 0.3) is 33.1 Å². The average Bonchev–Trinajstić information content (AvgIpc) is 2.89. The van der Waals surface area contributed by atoms with Gasteiger partial charge in [0.1, 0.15) is 11.6 Å². The van der Waals surface area contributed by atoms with Crippen LogP contribution in [-0.4, -0.2) is 34.6 Å². The van der Waals surface area contributed by atoms with E-state index in [0.717, 1.165) is 78.5 Å². The molecule has 0 amide bonds. The molecule has 0 atom stereocenters. The van der Waals surface area contributed by atoms with Crippen molar-refractivity contribution in [3.8, 4) is 11.3 Å². The molecule has 4 aromatic rings. The lowest BCUT2D eigenvalue weighted by Crippen LogP contribution is -2.33. The predicted molar refractivity (Wildman–Crippen MR) is 144 cm³/mol. The smallest absolute Gasteiger partial charge is 0.165 e. The summed E-state index contributed by atoms with van der Waals surface area (Å²) in [5, 5.41) is 6.71. The van der Waals surface area contributed by atoms with Crippen molar-refractivity contribution >= 4 is 27.6 Å². The molecule has 2 aromatic heterocycles. The van der Waals surface area contributed by atoms with Crippen LogP contribution < -0.4 is 10.2 Å². The lowest BCUT2D eigenvalue weighted by atomic mass is 10.0. The van der Waals surface area contributed by atoms with Gasteiger partial charge in [0.15, 0.2) is 5.65 Å². The molecule has 0 aliphatic heterocycles. The summed E-state index contributed by atoms with van der Waals surface area (Å²) in [5.41, 5.74) is 3.63. The quantitative estimate of drug-likeness (QED) is 0.271. The van der Waals surface area contributed by atoms with E-state index in [1.54, 1.807) is 6.08 Å². The van der Waals surface area contributed by atoms with Crippen molar-refractivity contribution in [3.63, 3.8) is 0 Å². The molecule has 0 spiro atoms. The van der Waals surface area contributed by atoms with Crippen LogP contribution in [0.4, 0.5) is 5.82 Å². The minimum atomic E-state index is 0.747. The van der Waals surface area contributed by atoms with E-state index in [1.807, 2.05) is 0 Å². The van der Waals surface area contributed by atoms with Crippen molar-refractivity contribution in [2.45, 2.75) is 33.1 Å². The Morgan fingerprint density at radius 2 is 1.76 bits per heavy atom. The molecule has 0 aliphatic carbocycles. The molecule has 0 fully saturated rings. The summed E-state index contributed by atoms with van der Waals surface area (Å²) in [6.07, 6.45) is 4.72. The number of nitrogens with zero attached hydrogens (tertiary/aromatic N) is 4. The molecule has 4 rings (SSSR count). The van der Waals surface area contributed by atoms with Crippen LogP contribution in [0.2, 0.25) is 0 Å². The Morgan fingerprint density at radius 3 is 2.56 bits per heavy atom. The first-order valence-corrected chi connectivity index (χ1v) is 12.1. The van der Waals surface area contributed by atoms with E-state index in [-0.39, 0.29) is 0 Å². The van der Waals surface area contributed by atoms with Gasteiger partial charge in [0.25, 0.3) is 0 Å². The SMILES string of the molecule is C=CC(=C)NCCN(CCCC)c1nc(CC)nc2nc(-c3cccc4ccccc34)ccc12. The normalized spacial score (nSPS) is 11.0. The van der Waals surface area contributed by atoms with Gasteiger partial charge in [-0.3, -0.25) is 0 Å². The predicted octanol–water partition coefficient (Wildman–Crippen LogP) is 6.30. The molecule has 0 unspecified atom stereocenters. The lowest BCUT2D eigenvalue weighted by molar-refractivity contribution is 0.681. The van der Waals surface area contributed by atoms with Gasteiger partial charge in [-0.1, -0.05) is 75.9 Å². The molecule has 2 aromatic carbocycles. The first-order chi connectivity index (χ1) is 16.6. The fraction of sp³-hybridized carbons (Fsp3) is 0.276. The highest BCUT2D eigenvalue weighted by molar-refractivity contribution is 5.97. The van der Waals surface area contributed by atoms with Crippen molar-refractivity contribution in [1.29, 1.82) is 0 Å². The van der Waals surface area contributed by atoms with Crippen molar-refractivity contribution < 1.29 is 0 Å². The maximum Gasteiger partial charge on any atom is 0.165 e.